The molecule has 128 valence electrons. The summed E-state index contributed by atoms with van der Waals surface area (Å²) in [5.41, 5.74) is 1.12. The van der Waals surface area contributed by atoms with Crippen LogP contribution in [0.5, 0.6) is 11.5 Å². The van der Waals surface area contributed by atoms with Gasteiger partial charge in [-0.1, -0.05) is 29.8 Å². The molecule has 1 aromatic heterocycles. The summed E-state index contributed by atoms with van der Waals surface area (Å²) < 4.78 is 6.68. The highest BCUT2D eigenvalue weighted by Crippen LogP contribution is 2.29. The van der Waals surface area contributed by atoms with E-state index in [1.165, 1.54) is 13.2 Å². The monoisotopic (exact) mass is 357 g/mol. The van der Waals surface area contributed by atoms with E-state index in [0.29, 0.717) is 17.4 Å². The maximum absolute atomic E-state index is 12.5. The molecule has 6 nitrogen and oxygen atoms in total. The number of carbonyl (C=O) groups excluding carboxylic acids is 1. The molecule has 2 N–H and O–H groups in total. The van der Waals surface area contributed by atoms with Gasteiger partial charge in [-0.05, 0) is 29.8 Å². The Hall–Kier alpha value is -2.99. The summed E-state index contributed by atoms with van der Waals surface area (Å²) in [6, 6.07) is 13.8. The van der Waals surface area contributed by atoms with Crippen LogP contribution in [0.15, 0.2) is 54.7 Å². The molecule has 0 aliphatic rings. The first-order valence-corrected chi connectivity index (χ1v) is 7.90. The first kappa shape index (κ1) is 16.9. The number of methoxy groups -OCH3 is 1. The van der Waals surface area contributed by atoms with Crippen molar-refractivity contribution in [3.8, 4) is 11.5 Å². The smallest absolute Gasteiger partial charge is 0.260 e. The molecule has 0 aliphatic heterocycles. The number of phenolic OH excluding ortho intramolecular Hbond substituents is 1. The fourth-order valence-electron chi connectivity index (χ4n) is 2.38. The number of nitrogens with zero attached hydrogens (tertiary/aromatic N) is 2. The van der Waals surface area contributed by atoms with E-state index < -0.39 is 5.91 Å². The minimum absolute atomic E-state index is 0.124. The van der Waals surface area contributed by atoms with E-state index in [2.05, 4.69) is 10.4 Å². The summed E-state index contributed by atoms with van der Waals surface area (Å²) in [4.78, 5) is 12.5. The van der Waals surface area contributed by atoms with Crippen molar-refractivity contribution in [1.82, 2.24) is 9.78 Å². The van der Waals surface area contributed by atoms with Crippen LogP contribution in [0.1, 0.15) is 15.9 Å². The van der Waals surface area contributed by atoms with Gasteiger partial charge in [0.2, 0.25) is 0 Å². The second-order valence-electron chi connectivity index (χ2n) is 5.31. The van der Waals surface area contributed by atoms with Crippen LogP contribution < -0.4 is 10.1 Å². The highest BCUT2D eigenvalue weighted by molar-refractivity contribution is 6.30. The Balaban J connectivity index is 1.79. The first-order valence-electron chi connectivity index (χ1n) is 7.52. The number of benzene rings is 2. The number of ether oxygens (including phenoxy) is 1. The zero-order valence-corrected chi connectivity index (χ0v) is 14.2. The number of rotatable bonds is 5. The standard InChI is InChI=1S/C18H16ClN3O3/c1-25-15-4-2-3-14(17(15)23)18(24)21-16-9-10-20-22(16)11-12-5-7-13(19)8-6-12/h2-10,23H,11H2,1H3,(H,21,24). The topological polar surface area (TPSA) is 76.4 Å². The normalized spacial score (nSPS) is 10.5. The molecule has 0 saturated carbocycles. The molecule has 0 radical (unpaired) electrons. The third-order valence-corrected chi connectivity index (χ3v) is 3.92. The van der Waals surface area contributed by atoms with Gasteiger partial charge in [0.25, 0.3) is 5.91 Å². The number of nitrogens with one attached hydrogen (secondary N) is 1. The van der Waals surface area contributed by atoms with E-state index in [1.807, 2.05) is 12.1 Å². The van der Waals surface area contributed by atoms with Crippen molar-refractivity contribution in [3.05, 3.63) is 70.9 Å². The van der Waals surface area contributed by atoms with Gasteiger partial charge in [0.15, 0.2) is 11.5 Å². The molecule has 1 amide bonds. The quantitative estimate of drug-likeness (QED) is 0.732. The number of hydrogen-bond acceptors (Lipinski definition) is 4. The summed E-state index contributed by atoms with van der Waals surface area (Å²) in [7, 11) is 1.43. The Labute approximate surface area is 149 Å². The third kappa shape index (κ3) is 3.75. The number of carbonyl (C=O) groups is 1. The number of aromatic hydroxyl groups is 1. The van der Waals surface area contributed by atoms with Crippen molar-refractivity contribution in [2.24, 2.45) is 0 Å². The van der Waals surface area contributed by atoms with E-state index in [-0.39, 0.29) is 17.1 Å². The highest BCUT2D eigenvalue weighted by Gasteiger charge is 2.16. The predicted octanol–water partition coefficient (Wildman–Crippen LogP) is 3.55. The van der Waals surface area contributed by atoms with E-state index in [4.69, 9.17) is 16.3 Å². The largest absolute Gasteiger partial charge is 0.504 e. The van der Waals surface area contributed by atoms with E-state index in [0.717, 1.165) is 5.56 Å². The Morgan fingerprint density at radius 1 is 1.24 bits per heavy atom. The second-order valence-corrected chi connectivity index (χ2v) is 5.75. The number of phenols is 1. The van der Waals surface area contributed by atoms with Crippen molar-refractivity contribution in [2.75, 3.05) is 12.4 Å². The lowest BCUT2D eigenvalue weighted by molar-refractivity contribution is 0.102. The lowest BCUT2D eigenvalue weighted by Crippen LogP contribution is -2.16. The van der Waals surface area contributed by atoms with Gasteiger partial charge in [-0.15, -0.1) is 0 Å². The zero-order valence-electron chi connectivity index (χ0n) is 13.4. The number of para-hydroxylation sites is 1. The van der Waals surface area contributed by atoms with Gasteiger partial charge >= 0.3 is 0 Å². The minimum atomic E-state index is -0.450. The van der Waals surface area contributed by atoms with Crippen LogP contribution in [0, 0.1) is 0 Å². The van der Waals surface area contributed by atoms with E-state index in [9.17, 15) is 9.90 Å². The molecule has 0 saturated heterocycles. The minimum Gasteiger partial charge on any atom is -0.504 e. The van der Waals surface area contributed by atoms with Gasteiger partial charge in [0, 0.05) is 11.1 Å². The number of anilines is 1. The average Bonchev–Trinajstić information content (AvgIpc) is 3.04. The lowest BCUT2D eigenvalue weighted by Gasteiger charge is -2.11. The Kier molecular flexibility index (Phi) is 4.90. The van der Waals surface area contributed by atoms with Gasteiger partial charge in [-0.3, -0.25) is 4.79 Å². The molecule has 3 aromatic rings. The summed E-state index contributed by atoms with van der Waals surface area (Å²) in [5.74, 6) is 0.102. The maximum Gasteiger partial charge on any atom is 0.260 e. The number of halogens is 1. The molecule has 0 spiro atoms. The molecule has 2 aromatic carbocycles. The van der Waals surface area contributed by atoms with Gasteiger partial charge in [-0.2, -0.15) is 5.10 Å². The molecular weight excluding hydrogens is 342 g/mol. The highest BCUT2D eigenvalue weighted by atomic mass is 35.5. The Bertz CT molecular complexity index is 891. The average molecular weight is 358 g/mol. The predicted molar refractivity (Wildman–Crippen MR) is 95.4 cm³/mol. The molecule has 0 atom stereocenters. The number of amides is 1. The van der Waals surface area contributed by atoms with Gasteiger partial charge in [-0.25, -0.2) is 4.68 Å². The summed E-state index contributed by atoms with van der Waals surface area (Å²) >= 11 is 5.89. The van der Waals surface area contributed by atoms with Crippen LogP contribution in [0.4, 0.5) is 5.82 Å². The SMILES string of the molecule is COc1cccc(C(=O)Nc2ccnn2Cc2ccc(Cl)cc2)c1O. The number of aromatic nitrogens is 2. The van der Waals surface area contributed by atoms with Crippen LogP contribution >= 0.6 is 11.6 Å². The first-order chi connectivity index (χ1) is 12.1. The van der Waals surface area contributed by atoms with Gasteiger partial charge < -0.3 is 15.2 Å². The van der Waals surface area contributed by atoms with Gasteiger partial charge in [0.05, 0.1) is 25.4 Å². The van der Waals surface area contributed by atoms with Crippen molar-refractivity contribution in [1.29, 1.82) is 0 Å². The molecule has 3 rings (SSSR count). The van der Waals surface area contributed by atoms with Crippen LogP contribution in [-0.2, 0) is 6.54 Å². The molecule has 0 aliphatic carbocycles. The lowest BCUT2D eigenvalue weighted by atomic mass is 10.1. The van der Waals surface area contributed by atoms with Crippen LogP contribution in [0.3, 0.4) is 0 Å². The fourth-order valence-corrected chi connectivity index (χ4v) is 2.51. The second kappa shape index (κ2) is 7.27. The number of hydrogen-bond donors (Lipinski definition) is 2. The van der Waals surface area contributed by atoms with Crippen molar-refractivity contribution in [2.45, 2.75) is 6.54 Å². The van der Waals surface area contributed by atoms with Crippen LogP contribution in [0.2, 0.25) is 5.02 Å². The van der Waals surface area contributed by atoms with Crippen LogP contribution in [-0.4, -0.2) is 27.9 Å². The summed E-state index contributed by atoms with van der Waals surface area (Å²) in [6.45, 7) is 0.476. The molecule has 1 heterocycles. The molecular formula is C18H16ClN3O3. The molecule has 0 bridgehead atoms. The molecule has 0 unspecified atom stereocenters. The molecule has 0 fully saturated rings. The maximum atomic E-state index is 12.5. The van der Waals surface area contributed by atoms with E-state index >= 15 is 0 Å². The summed E-state index contributed by atoms with van der Waals surface area (Å²) in [6.07, 6.45) is 1.59. The van der Waals surface area contributed by atoms with Crippen molar-refractivity contribution < 1.29 is 14.6 Å². The van der Waals surface area contributed by atoms with Crippen LogP contribution in [0.25, 0.3) is 0 Å². The van der Waals surface area contributed by atoms with Crippen molar-refractivity contribution in [3.63, 3.8) is 0 Å². The zero-order chi connectivity index (χ0) is 17.8. The Morgan fingerprint density at radius 3 is 2.72 bits per heavy atom. The summed E-state index contributed by atoms with van der Waals surface area (Å²) in [5, 5.41) is 17.7. The van der Waals surface area contributed by atoms with Crippen molar-refractivity contribution >= 4 is 23.3 Å². The van der Waals surface area contributed by atoms with E-state index in [1.54, 1.807) is 41.2 Å². The van der Waals surface area contributed by atoms with Gasteiger partial charge in [0.1, 0.15) is 5.82 Å². The molecule has 7 heteroatoms. The Morgan fingerprint density at radius 2 is 2.00 bits per heavy atom. The third-order valence-electron chi connectivity index (χ3n) is 3.67. The molecule has 25 heavy (non-hydrogen) atoms. The fraction of sp³-hybridized carbons (Fsp3) is 0.111.